The van der Waals surface area contributed by atoms with E-state index in [-0.39, 0.29) is 0 Å². The van der Waals surface area contributed by atoms with Crippen molar-refractivity contribution in [3.05, 3.63) is 212 Å². The molecule has 5 nitrogen and oxygen atoms in total. The van der Waals surface area contributed by atoms with Gasteiger partial charge in [0.15, 0.2) is 23.0 Å². The highest BCUT2D eigenvalue weighted by molar-refractivity contribution is 5.89. The summed E-state index contributed by atoms with van der Waals surface area (Å²) in [7, 11) is 0. The van der Waals surface area contributed by atoms with Gasteiger partial charge in [0.25, 0.3) is 0 Å². The molecule has 0 saturated heterocycles. The van der Waals surface area contributed by atoms with E-state index >= 15 is 0 Å². The van der Waals surface area contributed by atoms with E-state index in [0.717, 1.165) is 90.8 Å². The van der Waals surface area contributed by atoms with Crippen molar-refractivity contribution in [3.63, 3.8) is 0 Å². The zero-order chi connectivity index (χ0) is 38.4. The van der Waals surface area contributed by atoms with Gasteiger partial charge in [0, 0.05) is 22.5 Å². The number of ether oxygens (including phenoxy) is 2. The highest BCUT2D eigenvalue weighted by Crippen LogP contribution is 2.51. The van der Waals surface area contributed by atoms with E-state index in [0.29, 0.717) is 0 Å². The highest BCUT2D eigenvalue weighted by Gasteiger charge is 2.27. The molecule has 0 spiro atoms. The molecule has 0 saturated carbocycles. The lowest BCUT2D eigenvalue weighted by Crippen LogP contribution is -2.15. The number of rotatable bonds is 6. The van der Waals surface area contributed by atoms with Crippen LogP contribution in [0.4, 0.5) is 34.1 Å². The molecule has 11 rings (SSSR count). The van der Waals surface area contributed by atoms with Crippen LogP contribution in [-0.2, 0) is 0 Å². The minimum absolute atomic E-state index is 0.829. The summed E-state index contributed by atoms with van der Waals surface area (Å²) < 4.78 is 12.6. The first-order valence-corrected chi connectivity index (χ1v) is 19.4. The maximum atomic E-state index is 6.28. The fourth-order valence-electron chi connectivity index (χ4n) is 8.01. The van der Waals surface area contributed by atoms with Gasteiger partial charge in [0.1, 0.15) is 0 Å². The predicted molar refractivity (Wildman–Crippen MR) is 235 cm³/mol. The summed E-state index contributed by atoms with van der Waals surface area (Å²) in [6, 6.07) is 73.7. The van der Waals surface area contributed by atoms with Crippen LogP contribution in [0.1, 0.15) is 0 Å². The quantitative estimate of drug-likeness (QED) is 0.169. The number of hydrogen-bond acceptors (Lipinski definition) is 5. The van der Waals surface area contributed by atoms with Gasteiger partial charge in [-0.3, -0.25) is 0 Å². The SMILES string of the molecule is c1ccc(-c2ccc(-c3cc(-c4ccc(N5c6ccccc6Oc6ccccc65)cc4)nc(-c4ccc(N5c6ccccc6Oc6ccccc65)cc4)c3)cc2)cc1. The summed E-state index contributed by atoms with van der Waals surface area (Å²) in [6.45, 7) is 0. The second-order valence-corrected chi connectivity index (χ2v) is 14.4. The second kappa shape index (κ2) is 14.0. The first kappa shape index (κ1) is 33.4. The molecule has 3 heterocycles. The molecule has 1 aromatic heterocycles. The largest absolute Gasteiger partial charge is 0.453 e. The molecular weight excluding hydrogens is 711 g/mol. The van der Waals surface area contributed by atoms with E-state index in [1.165, 1.54) is 11.1 Å². The molecule has 5 heteroatoms. The second-order valence-electron chi connectivity index (χ2n) is 14.4. The Kier molecular flexibility index (Phi) is 8.07. The van der Waals surface area contributed by atoms with E-state index in [1.54, 1.807) is 0 Å². The Morgan fingerprint density at radius 2 is 0.586 bits per heavy atom. The maximum Gasteiger partial charge on any atom is 0.151 e. The van der Waals surface area contributed by atoms with Crippen LogP contribution in [0.2, 0.25) is 0 Å². The molecular formula is C53H35N3O2. The van der Waals surface area contributed by atoms with E-state index in [1.807, 2.05) is 72.8 Å². The molecule has 58 heavy (non-hydrogen) atoms. The van der Waals surface area contributed by atoms with Crippen LogP contribution in [0.5, 0.6) is 23.0 Å². The Bertz CT molecular complexity index is 2690. The number of para-hydroxylation sites is 8. The lowest BCUT2D eigenvalue weighted by atomic mass is 9.97. The molecule has 0 atom stereocenters. The van der Waals surface area contributed by atoms with Crippen molar-refractivity contribution in [2.75, 3.05) is 9.80 Å². The fourth-order valence-corrected chi connectivity index (χ4v) is 8.01. The summed E-state index contributed by atoms with van der Waals surface area (Å²) in [5.41, 5.74) is 14.5. The van der Waals surface area contributed by atoms with E-state index in [4.69, 9.17) is 14.5 Å². The summed E-state index contributed by atoms with van der Waals surface area (Å²) in [4.78, 5) is 9.84. The molecule has 0 bridgehead atoms. The van der Waals surface area contributed by atoms with Crippen LogP contribution in [0.3, 0.4) is 0 Å². The van der Waals surface area contributed by atoms with Gasteiger partial charge >= 0.3 is 0 Å². The van der Waals surface area contributed by atoms with Gasteiger partial charge in [0.2, 0.25) is 0 Å². The van der Waals surface area contributed by atoms with Gasteiger partial charge in [-0.25, -0.2) is 4.98 Å². The first-order chi connectivity index (χ1) is 28.7. The minimum Gasteiger partial charge on any atom is -0.453 e. The third-order valence-corrected chi connectivity index (χ3v) is 10.9. The topological polar surface area (TPSA) is 37.8 Å². The molecule has 0 N–H and O–H groups in total. The Hall–Kier alpha value is -7.89. The first-order valence-electron chi connectivity index (χ1n) is 19.4. The van der Waals surface area contributed by atoms with Crippen LogP contribution in [0, 0.1) is 0 Å². The number of hydrogen-bond donors (Lipinski definition) is 0. The van der Waals surface area contributed by atoms with Gasteiger partial charge in [0.05, 0.1) is 34.1 Å². The molecule has 8 aromatic carbocycles. The van der Waals surface area contributed by atoms with Gasteiger partial charge in [-0.1, -0.05) is 127 Å². The van der Waals surface area contributed by atoms with Crippen molar-refractivity contribution in [1.29, 1.82) is 0 Å². The van der Waals surface area contributed by atoms with Crippen molar-refractivity contribution >= 4 is 34.1 Å². The summed E-state index contributed by atoms with van der Waals surface area (Å²) in [5.74, 6) is 3.32. The molecule has 0 aliphatic carbocycles. The number of nitrogens with zero attached hydrogens (tertiary/aromatic N) is 3. The van der Waals surface area contributed by atoms with Crippen molar-refractivity contribution in [2.24, 2.45) is 0 Å². The standard InChI is InChI=1S/C53H35N3O2/c1-2-12-36(13-3-1)37-22-24-38(25-23-37)41-34-44(39-26-30-42(31-27-39)55-46-14-4-8-18-50(46)57-51-19-9-5-15-47(51)55)54-45(35-41)40-28-32-43(33-29-40)56-48-16-6-10-20-52(48)58-53-21-11-7-17-49(53)56/h1-35H. The van der Waals surface area contributed by atoms with Crippen LogP contribution in [0.25, 0.3) is 44.8 Å². The average Bonchev–Trinajstić information content (AvgIpc) is 3.30. The smallest absolute Gasteiger partial charge is 0.151 e. The van der Waals surface area contributed by atoms with Crippen LogP contribution >= 0.6 is 0 Å². The third-order valence-electron chi connectivity index (χ3n) is 10.9. The van der Waals surface area contributed by atoms with Gasteiger partial charge in [-0.15, -0.1) is 0 Å². The average molecular weight is 746 g/mol. The third kappa shape index (κ3) is 5.94. The van der Waals surface area contributed by atoms with Gasteiger partial charge < -0.3 is 19.3 Å². The highest BCUT2D eigenvalue weighted by atomic mass is 16.5. The molecule has 0 radical (unpaired) electrons. The Morgan fingerprint density at radius 1 is 0.276 bits per heavy atom. The van der Waals surface area contributed by atoms with Crippen molar-refractivity contribution < 1.29 is 9.47 Å². The summed E-state index contributed by atoms with van der Waals surface area (Å²) >= 11 is 0. The zero-order valence-electron chi connectivity index (χ0n) is 31.4. The van der Waals surface area contributed by atoms with Gasteiger partial charge in [-0.05, 0) is 107 Å². The van der Waals surface area contributed by atoms with E-state index < -0.39 is 0 Å². The van der Waals surface area contributed by atoms with Crippen LogP contribution in [0.15, 0.2) is 212 Å². The Morgan fingerprint density at radius 3 is 0.983 bits per heavy atom. The van der Waals surface area contributed by atoms with Gasteiger partial charge in [-0.2, -0.15) is 0 Å². The zero-order valence-corrected chi connectivity index (χ0v) is 31.4. The minimum atomic E-state index is 0.829. The van der Waals surface area contributed by atoms with Crippen molar-refractivity contribution in [2.45, 2.75) is 0 Å². The molecule has 0 fully saturated rings. The Labute approximate surface area is 337 Å². The van der Waals surface area contributed by atoms with Crippen molar-refractivity contribution in [1.82, 2.24) is 4.98 Å². The fraction of sp³-hybridized carbons (Fsp3) is 0. The summed E-state index contributed by atoms with van der Waals surface area (Å²) in [5, 5.41) is 0. The molecule has 2 aliphatic rings. The molecule has 9 aromatic rings. The molecule has 274 valence electrons. The molecule has 0 unspecified atom stereocenters. The lowest BCUT2D eigenvalue weighted by Gasteiger charge is -2.32. The molecule has 2 aliphatic heterocycles. The maximum absolute atomic E-state index is 6.28. The van der Waals surface area contributed by atoms with E-state index in [9.17, 15) is 0 Å². The summed E-state index contributed by atoms with van der Waals surface area (Å²) in [6.07, 6.45) is 0. The Balaban J connectivity index is 0.989. The number of pyridine rings is 1. The number of anilines is 6. The lowest BCUT2D eigenvalue weighted by molar-refractivity contribution is 0.477. The van der Waals surface area contributed by atoms with Crippen molar-refractivity contribution in [3.8, 4) is 67.8 Å². The van der Waals surface area contributed by atoms with Crippen LogP contribution in [-0.4, -0.2) is 4.98 Å². The van der Waals surface area contributed by atoms with Crippen LogP contribution < -0.4 is 19.3 Å². The van der Waals surface area contributed by atoms with E-state index in [2.05, 4.69) is 149 Å². The molecule has 0 amide bonds. The monoisotopic (exact) mass is 745 g/mol. The number of fused-ring (bicyclic) bond motifs is 4. The number of benzene rings is 8. The normalized spacial score (nSPS) is 12.3. The predicted octanol–water partition coefficient (Wildman–Crippen LogP) is 14.9. The number of aromatic nitrogens is 1.